The van der Waals surface area contributed by atoms with Gasteiger partial charge in [0, 0.05) is 10.6 Å². The summed E-state index contributed by atoms with van der Waals surface area (Å²) >= 11 is 0.965. The lowest BCUT2D eigenvalue weighted by Gasteiger charge is -2.07. The van der Waals surface area contributed by atoms with Crippen LogP contribution in [0, 0.1) is 5.82 Å². The second-order valence-corrected chi connectivity index (χ2v) is 7.58. The third kappa shape index (κ3) is 6.14. The maximum Gasteiger partial charge on any atom is 0.316 e. The summed E-state index contributed by atoms with van der Waals surface area (Å²) in [5, 5.41) is 7.41. The fraction of sp³-hybridized carbons (Fsp3) is 0.125. The Morgan fingerprint density at radius 1 is 1.12 bits per heavy atom. The van der Waals surface area contributed by atoms with E-state index in [9.17, 15) is 22.4 Å². The van der Waals surface area contributed by atoms with Crippen molar-refractivity contribution in [2.45, 2.75) is 9.79 Å². The number of nitrogens with one attached hydrogen (secondary N) is 1. The van der Waals surface area contributed by atoms with E-state index in [2.05, 4.69) is 5.32 Å². The van der Waals surface area contributed by atoms with Crippen LogP contribution in [-0.2, 0) is 24.3 Å². The Kier molecular flexibility index (Phi) is 6.72. The van der Waals surface area contributed by atoms with Crippen LogP contribution in [0.1, 0.15) is 0 Å². The van der Waals surface area contributed by atoms with E-state index < -0.39 is 34.3 Å². The molecule has 0 bridgehead atoms. The summed E-state index contributed by atoms with van der Waals surface area (Å²) in [6.07, 6.45) is 0. The third-order valence-electron chi connectivity index (χ3n) is 3.01. The van der Waals surface area contributed by atoms with Crippen molar-refractivity contribution in [2.75, 3.05) is 17.7 Å². The van der Waals surface area contributed by atoms with Gasteiger partial charge in [-0.1, -0.05) is 12.1 Å². The fourth-order valence-electron chi connectivity index (χ4n) is 1.81. The number of anilines is 1. The summed E-state index contributed by atoms with van der Waals surface area (Å²) in [6, 6.07) is 11.2. The maximum absolute atomic E-state index is 13.4. The van der Waals surface area contributed by atoms with Crippen LogP contribution in [0.2, 0.25) is 0 Å². The van der Waals surface area contributed by atoms with Crippen LogP contribution in [0.3, 0.4) is 0 Å². The number of primary sulfonamides is 1. The van der Waals surface area contributed by atoms with E-state index in [0.717, 1.165) is 11.8 Å². The van der Waals surface area contributed by atoms with E-state index in [1.165, 1.54) is 42.5 Å². The summed E-state index contributed by atoms with van der Waals surface area (Å²) in [5.41, 5.74) is 0.319. The van der Waals surface area contributed by atoms with Crippen molar-refractivity contribution in [3.8, 4) is 0 Å². The predicted molar refractivity (Wildman–Crippen MR) is 94.5 cm³/mol. The first-order valence-corrected chi connectivity index (χ1v) is 9.74. The zero-order valence-electron chi connectivity index (χ0n) is 13.3. The molecular weight excluding hydrogens is 383 g/mol. The second-order valence-electron chi connectivity index (χ2n) is 5.00. The molecule has 2 aromatic rings. The highest BCUT2D eigenvalue weighted by molar-refractivity contribution is 8.00. The molecule has 0 saturated heterocycles. The highest BCUT2D eigenvalue weighted by atomic mass is 32.2. The number of benzene rings is 2. The predicted octanol–water partition coefficient (Wildman–Crippen LogP) is 1.75. The molecular formula is C16H15FN2O5S2. The average Bonchev–Trinajstić information content (AvgIpc) is 2.59. The summed E-state index contributed by atoms with van der Waals surface area (Å²) in [7, 11) is -3.81. The summed E-state index contributed by atoms with van der Waals surface area (Å²) in [6.45, 7) is -0.520. The van der Waals surface area contributed by atoms with Gasteiger partial charge >= 0.3 is 5.97 Å². The molecule has 0 fully saturated rings. The Morgan fingerprint density at radius 3 is 2.38 bits per heavy atom. The Hall–Kier alpha value is -2.43. The van der Waals surface area contributed by atoms with Gasteiger partial charge in [0.05, 0.1) is 10.6 Å². The number of hydrogen-bond donors (Lipinski definition) is 2. The van der Waals surface area contributed by atoms with Gasteiger partial charge in [0.2, 0.25) is 10.0 Å². The molecule has 26 heavy (non-hydrogen) atoms. The third-order valence-corrected chi connectivity index (χ3v) is 4.96. The molecule has 10 heteroatoms. The Balaban J connectivity index is 1.77. The molecule has 0 aromatic heterocycles. The summed E-state index contributed by atoms with van der Waals surface area (Å²) in [5.74, 6) is -1.85. The Labute approximate surface area is 153 Å². The number of ether oxygens (including phenoxy) is 1. The van der Waals surface area contributed by atoms with E-state index in [0.29, 0.717) is 10.6 Å². The number of hydrogen-bond acceptors (Lipinski definition) is 6. The highest BCUT2D eigenvalue weighted by Gasteiger charge is 2.11. The van der Waals surface area contributed by atoms with Crippen molar-refractivity contribution in [1.29, 1.82) is 0 Å². The zero-order chi connectivity index (χ0) is 19.2. The average molecular weight is 398 g/mol. The SMILES string of the molecule is NS(=O)(=O)c1ccc(NC(=O)COC(=O)CSc2ccccc2F)cc1. The van der Waals surface area contributed by atoms with Gasteiger partial charge in [0.15, 0.2) is 6.61 Å². The topological polar surface area (TPSA) is 116 Å². The number of carbonyl (C=O) groups excluding carboxylic acids is 2. The van der Waals surface area contributed by atoms with Gasteiger partial charge in [-0.2, -0.15) is 0 Å². The molecule has 1 amide bonds. The fourth-order valence-corrected chi connectivity index (χ4v) is 3.06. The van der Waals surface area contributed by atoms with Crippen LogP contribution < -0.4 is 10.5 Å². The lowest BCUT2D eigenvalue weighted by atomic mass is 10.3. The number of esters is 1. The summed E-state index contributed by atoms with van der Waals surface area (Å²) in [4.78, 5) is 23.6. The molecule has 0 atom stereocenters. The minimum atomic E-state index is -3.81. The van der Waals surface area contributed by atoms with E-state index in [-0.39, 0.29) is 10.6 Å². The Bertz CT molecular complexity index is 901. The van der Waals surface area contributed by atoms with E-state index in [1.54, 1.807) is 6.07 Å². The van der Waals surface area contributed by atoms with Crippen molar-refractivity contribution in [2.24, 2.45) is 5.14 Å². The van der Waals surface area contributed by atoms with Gasteiger partial charge in [0.25, 0.3) is 5.91 Å². The van der Waals surface area contributed by atoms with Gasteiger partial charge in [-0.05, 0) is 36.4 Å². The number of nitrogens with two attached hydrogens (primary N) is 1. The standard InChI is InChI=1S/C16H15FN2O5S2/c17-13-3-1-2-4-14(13)25-10-16(21)24-9-15(20)19-11-5-7-12(8-6-11)26(18,22)23/h1-8H,9-10H2,(H,19,20)(H2,18,22,23). The number of carbonyl (C=O) groups is 2. The molecule has 0 radical (unpaired) electrons. The lowest BCUT2D eigenvalue weighted by molar-refractivity contribution is -0.144. The van der Waals surface area contributed by atoms with E-state index >= 15 is 0 Å². The second kappa shape index (κ2) is 8.79. The largest absolute Gasteiger partial charge is 0.455 e. The summed E-state index contributed by atoms with van der Waals surface area (Å²) < 4.78 is 40.5. The van der Waals surface area contributed by atoms with Crippen LogP contribution in [0.5, 0.6) is 0 Å². The molecule has 0 heterocycles. The van der Waals surface area contributed by atoms with Crippen LogP contribution in [0.15, 0.2) is 58.3 Å². The number of halogens is 1. The molecule has 0 aliphatic heterocycles. The normalized spacial score (nSPS) is 11.0. The van der Waals surface area contributed by atoms with Crippen LogP contribution in [0.25, 0.3) is 0 Å². The van der Waals surface area contributed by atoms with Crippen molar-refractivity contribution in [3.05, 3.63) is 54.3 Å². The monoisotopic (exact) mass is 398 g/mol. The molecule has 3 N–H and O–H groups in total. The quantitative estimate of drug-likeness (QED) is 0.542. The molecule has 7 nitrogen and oxygen atoms in total. The van der Waals surface area contributed by atoms with Gasteiger partial charge in [-0.25, -0.2) is 17.9 Å². The van der Waals surface area contributed by atoms with Gasteiger partial charge < -0.3 is 10.1 Å². The molecule has 138 valence electrons. The van der Waals surface area contributed by atoms with Crippen molar-refractivity contribution >= 4 is 39.3 Å². The van der Waals surface area contributed by atoms with Gasteiger partial charge in [-0.3, -0.25) is 9.59 Å². The highest BCUT2D eigenvalue weighted by Crippen LogP contribution is 2.21. The zero-order valence-corrected chi connectivity index (χ0v) is 15.0. The number of rotatable bonds is 7. The maximum atomic E-state index is 13.4. The molecule has 0 aliphatic carbocycles. The minimum absolute atomic E-state index is 0.0907. The number of amides is 1. The minimum Gasteiger partial charge on any atom is -0.455 e. The first-order valence-electron chi connectivity index (χ1n) is 7.21. The first kappa shape index (κ1) is 19.9. The lowest BCUT2D eigenvalue weighted by Crippen LogP contribution is -2.21. The number of sulfonamides is 1. The van der Waals surface area contributed by atoms with Crippen LogP contribution in [0.4, 0.5) is 10.1 Å². The first-order chi connectivity index (χ1) is 12.3. The van der Waals surface area contributed by atoms with Crippen molar-refractivity contribution in [3.63, 3.8) is 0 Å². The van der Waals surface area contributed by atoms with E-state index in [4.69, 9.17) is 9.88 Å². The molecule has 2 aromatic carbocycles. The van der Waals surface area contributed by atoms with Gasteiger partial charge in [-0.15, -0.1) is 11.8 Å². The van der Waals surface area contributed by atoms with Crippen molar-refractivity contribution < 1.29 is 27.1 Å². The van der Waals surface area contributed by atoms with Crippen molar-refractivity contribution in [1.82, 2.24) is 0 Å². The molecule has 0 saturated carbocycles. The van der Waals surface area contributed by atoms with E-state index in [1.807, 2.05) is 0 Å². The molecule has 0 unspecified atom stereocenters. The number of thioether (sulfide) groups is 1. The Morgan fingerprint density at radius 2 is 1.77 bits per heavy atom. The van der Waals surface area contributed by atoms with Crippen LogP contribution >= 0.6 is 11.8 Å². The smallest absolute Gasteiger partial charge is 0.316 e. The molecule has 0 aliphatic rings. The van der Waals surface area contributed by atoms with Gasteiger partial charge in [0.1, 0.15) is 5.82 Å². The molecule has 0 spiro atoms. The van der Waals surface area contributed by atoms with Crippen LogP contribution in [-0.4, -0.2) is 32.7 Å². The molecule has 2 rings (SSSR count).